The standard InChI is InChI=1S/C25H33N3O5/c1-27(24(30)26-16-19-6-5-7-21(12-19)31-2)25(18-29)8-10-28(11-9-25)17-20-13-22(32-3)15-23(14-20)33-4/h5-7,12-15,18H,8-11,16-17H2,1-4H3,(H,26,30). The van der Waals surface area contributed by atoms with Gasteiger partial charge in [-0.3, -0.25) is 4.90 Å². The Balaban J connectivity index is 1.58. The van der Waals surface area contributed by atoms with Gasteiger partial charge in [-0.15, -0.1) is 0 Å². The van der Waals surface area contributed by atoms with Crippen molar-refractivity contribution in [2.75, 3.05) is 41.5 Å². The van der Waals surface area contributed by atoms with Crippen LogP contribution in [-0.2, 0) is 17.9 Å². The van der Waals surface area contributed by atoms with Crippen LogP contribution in [0.1, 0.15) is 24.0 Å². The highest BCUT2D eigenvalue weighted by atomic mass is 16.5. The first-order chi connectivity index (χ1) is 15.9. The van der Waals surface area contributed by atoms with Crippen LogP contribution in [0.15, 0.2) is 42.5 Å². The average molecular weight is 456 g/mol. The lowest BCUT2D eigenvalue weighted by molar-refractivity contribution is -0.119. The van der Waals surface area contributed by atoms with E-state index in [0.29, 0.717) is 39.0 Å². The topological polar surface area (TPSA) is 80.3 Å². The second kappa shape index (κ2) is 11.0. The van der Waals surface area contributed by atoms with Crippen LogP contribution in [0.3, 0.4) is 0 Å². The summed E-state index contributed by atoms with van der Waals surface area (Å²) in [5, 5.41) is 2.91. The molecule has 1 heterocycles. The van der Waals surface area contributed by atoms with Crippen LogP contribution < -0.4 is 19.5 Å². The number of carbonyl (C=O) groups excluding carboxylic acids is 2. The molecule has 2 aromatic rings. The molecule has 1 aliphatic rings. The normalized spacial score (nSPS) is 15.4. The smallest absolute Gasteiger partial charge is 0.318 e. The molecule has 0 radical (unpaired) electrons. The summed E-state index contributed by atoms with van der Waals surface area (Å²) in [6.45, 7) is 2.48. The first-order valence-electron chi connectivity index (χ1n) is 11.0. The Morgan fingerprint density at radius 1 is 1.00 bits per heavy atom. The summed E-state index contributed by atoms with van der Waals surface area (Å²) in [6, 6.07) is 13.1. The molecule has 178 valence electrons. The minimum absolute atomic E-state index is 0.268. The number of nitrogens with one attached hydrogen (secondary N) is 1. The molecule has 0 atom stereocenters. The molecule has 2 amide bonds. The third kappa shape index (κ3) is 5.96. The molecule has 8 heteroatoms. The Morgan fingerprint density at radius 3 is 2.18 bits per heavy atom. The fourth-order valence-electron chi connectivity index (χ4n) is 4.13. The molecular weight excluding hydrogens is 422 g/mol. The summed E-state index contributed by atoms with van der Waals surface area (Å²) in [4.78, 5) is 28.8. The monoisotopic (exact) mass is 455 g/mol. The van der Waals surface area contributed by atoms with Gasteiger partial charge in [0.25, 0.3) is 0 Å². The Labute approximate surface area is 195 Å². The van der Waals surface area contributed by atoms with Crippen LogP contribution in [0.5, 0.6) is 17.2 Å². The van der Waals surface area contributed by atoms with E-state index in [2.05, 4.69) is 10.2 Å². The molecule has 0 aromatic heterocycles. The maximum absolute atomic E-state index is 12.8. The predicted molar refractivity (Wildman–Crippen MR) is 126 cm³/mol. The molecular formula is C25H33N3O5. The number of methoxy groups -OCH3 is 3. The number of hydrogen-bond donors (Lipinski definition) is 1. The molecule has 0 bridgehead atoms. The van der Waals surface area contributed by atoms with Crippen molar-refractivity contribution < 1.29 is 23.8 Å². The number of nitrogens with zero attached hydrogens (tertiary/aromatic N) is 2. The number of piperidine rings is 1. The van der Waals surface area contributed by atoms with Gasteiger partial charge in [-0.05, 0) is 48.2 Å². The molecule has 1 fully saturated rings. The third-order valence-corrected chi connectivity index (χ3v) is 6.31. The number of benzene rings is 2. The van der Waals surface area contributed by atoms with Crippen molar-refractivity contribution in [1.82, 2.24) is 15.1 Å². The van der Waals surface area contributed by atoms with Gasteiger partial charge >= 0.3 is 6.03 Å². The number of ether oxygens (including phenoxy) is 3. The molecule has 8 nitrogen and oxygen atoms in total. The zero-order chi connectivity index (χ0) is 23.8. The van der Waals surface area contributed by atoms with E-state index in [1.165, 1.54) is 0 Å². The van der Waals surface area contributed by atoms with Crippen LogP contribution in [0.4, 0.5) is 4.79 Å². The second-order valence-electron chi connectivity index (χ2n) is 8.29. The molecule has 0 spiro atoms. The average Bonchev–Trinajstić information content (AvgIpc) is 2.87. The second-order valence-corrected chi connectivity index (χ2v) is 8.29. The first-order valence-corrected chi connectivity index (χ1v) is 11.0. The fraction of sp³-hybridized carbons (Fsp3) is 0.440. The van der Waals surface area contributed by atoms with Crippen molar-refractivity contribution in [2.24, 2.45) is 0 Å². The van der Waals surface area contributed by atoms with Crippen molar-refractivity contribution in [3.05, 3.63) is 53.6 Å². The van der Waals surface area contributed by atoms with Gasteiger partial charge in [0.05, 0.1) is 21.3 Å². The van der Waals surface area contributed by atoms with Crippen LogP contribution in [0.2, 0.25) is 0 Å². The van der Waals surface area contributed by atoms with E-state index in [9.17, 15) is 9.59 Å². The predicted octanol–water partition coefficient (Wildman–Crippen LogP) is 3.09. The van der Waals surface area contributed by atoms with Crippen LogP contribution in [0.25, 0.3) is 0 Å². The van der Waals surface area contributed by atoms with E-state index in [-0.39, 0.29) is 6.03 Å². The summed E-state index contributed by atoms with van der Waals surface area (Å²) < 4.78 is 15.9. The number of amides is 2. The van der Waals surface area contributed by atoms with E-state index >= 15 is 0 Å². The Kier molecular flexibility index (Phi) is 8.16. The Morgan fingerprint density at radius 2 is 1.61 bits per heavy atom. The van der Waals surface area contributed by atoms with Crippen LogP contribution in [0, 0.1) is 0 Å². The molecule has 0 aliphatic carbocycles. The minimum atomic E-state index is -0.818. The highest BCUT2D eigenvalue weighted by Gasteiger charge is 2.40. The Bertz CT molecular complexity index is 935. The number of likely N-dealkylation sites (tertiary alicyclic amines) is 1. The lowest BCUT2D eigenvalue weighted by Gasteiger charge is -2.43. The molecule has 2 aromatic carbocycles. The van der Waals surface area contributed by atoms with Crippen molar-refractivity contribution in [1.29, 1.82) is 0 Å². The summed E-state index contributed by atoms with van der Waals surface area (Å²) in [5.41, 5.74) is 1.19. The van der Waals surface area contributed by atoms with Crippen molar-refractivity contribution >= 4 is 12.3 Å². The third-order valence-electron chi connectivity index (χ3n) is 6.31. The first kappa shape index (κ1) is 24.4. The molecule has 1 N–H and O–H groups in total. The van der Waals surface area contributed by atoms with Gasteiger partial charge in [-0.2, -0.15) is 0 Å². The van der Waals surface area contributed by atoms with Gasteiger partial charge in [0, 0.05) is 39.3 Å². The quantitative estimate of drug-likeness (QED) is 0.586. The highest BCUT2D eigenvalue weighted by molar-refractivity contribution is 5.80. The SMILES string of the molecule is COc1cccc(CNC(=O)N(C)C2(C=O)CCN(Cc3cc(OC)cc(OC)c3)CC2)c1. The van der Waals surface area contributed by atoms with E-state index in [1.807, 2.05) is 42.5 Å². The zero-order valence-corrected chi connectivity index (χ0v) is 19.8. The molecule has 0 unspecified atom stereocenters. The molecule has 1 aliphatic heterocycles. The number of likely N-dealkylation sites (N-methyl/N-ethyl adjacent to an activating group) is 1. The van der Waals surface area contributed by atoms with Crippen molar-refractivity contribution in [2.45, 2.75) is 31.5 Å². The van der Waals surface area contributed by atoms with E-state index < -0.39 is 5.54 Å². The molecule has 33 heavy (non-hydrogen) atoms. The number of urea groups is 1. The molecule has 1 saturated heterocycles. The van der Waals surface area contributed by atoms with E-state index in [4.69, 9.17) is 14.2 Å². The maximum Gasteiger partial charge on any atom is 0.318 e. The lowest BCUT2D eigenvalue weighted by atomic mass is 9.87. The van der Waals surface area contributed by atoms with Gasteiger partial charge in [0.15, 0.2) is 0 Å². The van der Waals surface area contributed by atoms with Crippen LogP contribution >= 0.6 is 0 Å². The summed E-state index contributed by atoms with van der Waals surface area (Å²) >= 11 is 0. The minimum Gasteiger partial charge on any atom is -0.497 e. The Hall–Kier alpha value is -3.26. The summed E-state index contributed by atoms with van der Waals surface area (Å²) in [5.74, 6) is 2.23. The summed E-state index contributed by atoms with van der Waals surface area (Å²) in [7, 11) is 6.56. The molecule has 3 rings (SSSR count). The van der Waals surface area contributed by atoms with Gasteiger partial charge in [-0.1, -0.05) is 12.1 Å². The highest BCUT2D eigenvalue weighted by Crippen LogP contribution is 2.29. The number of carbonyl (C=O) groups is 2. The number of rotatable bonds is 9. The van der Waals surface area contributed by atoms with E-state index in [1.54, 1.807) is 33.3 Å². The van der Waals surface area contributed by atoms with Gasteiger partial charge in [0.2, 0.25) is 0 Å². The number of hydrogen-bond acceptors (Lipinski definition) is 6. The van der Waals surface area contributed by atoms with Crippen LogP contribution in [-0.4, -0.2) is 69.1 Å². The fourth-order valence-corrected chi connectivity index (χ4v) is 4.13. The van der Waals surface area contributed by atoms with Crippen molar-refractivity contribution in [3.8, 4) is 17.2 Å². The van der Waals surface area contributed by atoms with Gasteiger partial charge in [0.1, 0.15) is 29.1 Å². The van der Waals surface area contributed by atoms with Crippen molar-refractivity contribution in [3.63, 3.8) is 0 Å². The maximum atomic E-state index is 12.8. The van der Waals surface area contributed by atoms with Gasteiger partial charge in [-0.25, -0.2) is 4.79 Å². The van der Waals surface area contributed by atoms with E-state index in [0.717, 1.165) is 34.7 Å². The number of aldehydes is 1. The lowest BCUT2D eigenvalue weighted by Crippen LogP contribution is -2.58. The largest absolute Gasteiger partial charge is 0.497 e. The zero-order valence-electron chi connectivity index (χ0n) is 19.8. The molecule has 0 saturated carbocycles. The van der Waals surface area contributed by atoms with Gasteiger partial charge < -0.3 is 29.2 Å². The summed E-state index contributed by atoms with van der Waals surface area (Å²) in [6.07, 6.45) is 2.06.